The van der Waals surface area contributed by atoms with Crippen LogP contribution < -0.4 is 31.1 Å². The summed E-state index contributed by atoms with van der Waals surface area (Å²) in [6.45, 7) is -0.128. The van der Waals surface area contributed by atoms with Gasteiger partial charge in [0.2, 0.25) is 0 Å². The van der Waals surface area contributed by atoms with Gasteiger partial charge < -0.3 is 14.7 Å². The normalized spacial score (nSPS) is 12.5. The molecule has 0 radical (unpaired) electrons. The van der Waals surface area contributed by atoms with E-state index in [0.29, 0.717) is 0 Å². The zero-order valence-corrected chi connectivity index (χ0v) is 36.2. The van der Waals surface area contributed by atoms with E-state index in [9.17, 15) is 0 Å². The van der Waals surface area contributed by atoms with Crippen molar-refractivity contribution in [3.63, 3.8) is 0 Å². The summed E-state index contributed by atoms with van der Waals surface area (Å²) in [6.07, 6.45) is 0. The van der Waals surface area contributed by atoms with E-state index in [2.05, 4.69) is 269 Å². The third kappa shape index (κ3) is 6.14. The molecule has 0 aliphatic carbocycles. The first-order valence-electron chi connectivity index (χ1n) is 22.8. The van der Waals surface area contributed by atoms with Gasteiger partial charge in [-0.3, -0.25) is 0 Å². The molecule has 2 aliphatic heterocycles. The van der Waals surface area contributed by atoms with Crippen LogP contribution in [0, 0.1) is 0 Å². The third-order valence-electron chi connectivity index (χ3n) is 13.6. The first-order chi connectivity index (χ1) is 32.8. The first kappa shape index (κ1) is 37.9. The van der Waals surface area contributed by atoms with Gasteiger partial charge in [0.05, 0.1) is 5.69 Å². The molecule has 0 bridgehead atoms. The maximum atomic E-state index is 2.55. The van der Waals surface area contributed by atoms with Gasteiger partial charge in [-0.25, -0.2) is 0 Å². The molecule has 3 nitrogen and oxygen atoms in total. The lowest BCUT2D eigenvalue weighted by Gasteiger charge is -2.46. The van der Waals surface area contributed by atoms with E-state index >= 15 is 0 Å². The van der Waals surface area contributed by atoms with Crippen LogP contribution in [0.2, 0.25) is 0 Å². The highest BCUT2D eigenvalue weighted by Crippen LogP contribution is 2.50. The van der Waals surface area contributed by atoms with Crippen molar-refractivity contribution in [2.75, 3.05) is 14.7 Å². The molecule has 0 unspecified atom stereocenters. The average molecular weight is 840 g/mol. The van der Waals surface area contributed by atoms with E-state index in [0.717, 1.165) is 39.8 Å². The Hall–Kier alpha value is -8.60. The van der Waals surface area contributed by atoms with Crippen molar-refractivity contribution in [1.29, 1.82) is 0 Å². The molecule has 0 aromatic heterocycles. The van der Waals surface area contributed by atoms with Crippen LogP contribution in [0.5, 0.6) is 0 Å². The van der Waals surface area contributed by atoms with Crippen LogP contribution in [0.3, 0.4) is 0 Å². The van der Waals surface area contributed by atoms with Crippen LogP contribution >= 0.6 is 0 Å². The Morgan fingerprint density at radius 3 is 1.11 bits per heavy atom. The molecule has 66 heavy (non-hydrogen) atoms. The molecule has 308 valence electrons. The number of hydrogen-bond donors (Lipinski definition) is 0. The number of anilines is 9. The van der Waals surface area contributed by atoms with Crippen LogP contribution in [0.1, 0.15) is 0 Å². The predicted octanol–water partition coefficient (Wildman–Crippen LogP) is 14.9. The Morgan fingerprint density at radius 2 is 0.667 bits per heavy atom. The molecule has 0 amide bonds. The number of fused-ring (bicyclic) bond motifs is 6. The van der Waals surface area contributed by atoms with Gasteiger partial charge in [0.1, 0.15) is 0 Å². The summed E-state index contributed by atoms with van der Waals surface area (Å²) in [5, 5.41) is 4.84. The number of nitrogens with zero attached hydrogens (tertiary/aromatic N) is 3. The molecule has 0 saturated carbocycles. The summed E-state index contributed by atoms with van der Waals surface area (Å²) in [7, 11) is 0. The zero-order chi connectivity index (χ0) is 43.6. The third-order valence-corrected chi connectivity index (χ3v) is 13.6. The van der Waals surface area contributed by atoms with E-state index in [4.69, 9.17) is 0 Å². The molecule has 2 aliphatic rings. The summed E-state index contributed by atoms with van der Waals surface area (Å²) in [4.78, 5) is 7.51. The molecule has 11 aromatic carbocycles. The van der Waals surface area contributed by atoms with E-state index in [-0.39, 0.29) is 6.71 Å². The molecular formula is C62H42BN3. The minimum atomic E-state index is -0.128. The molecule has 0 spiro atoms. The minimum Gasteiger partial charge on any atom is -0.311 e. The van der Waals surface area contributed by atoms with Crippen molar-refractivity contribution in [2.24, 2.45) is 0 Å². The van der Waals surface area contributed by atoms with Crippen molar-refractivity contribution in [3.8, 4) is 22.3 Å². The van der Waals surface area contributed by atoms with E-state index in [1.807, 2.05) is 0 Å². The van der Waals surface area contributed by atoms with Gasteiger partial charge in [0.25, 0.3) is 6.71 Å². The number of hydrogen-bond acceptors (Lipinski definition) is 3. The monoisotopic (exact) mass is 839 g/mol. The van der Waals surface area contributed by atoms with Crippen molar-refractivity contribution in [3.05, 3.63) is 255 Å². The maximum absolute atomic E-state index is 2.55. The molecule has 0 saturated heterocycles. The highest BCUT2D eigenvalue weighted by molar-refractivity contribution is 7.02. The summed E-state index contributed by atoms with van der Waals surface area (Å²) in [5.41, 5.74) is 18.8. The molecule has 13 rings (SSSR count). The molecule has 4 heteroatoms. The largest absolute Gasteiger partial charge is 0.311 e. The van der Waals surface area contributed by atoms with Gasteiger partial charge >= 0.3 is 0 Å². The van der Waals surface area contributed by atoms with Crippen LogP contribution in [-0.4, -0.2) is 6.71 Å². The summed E-state index contributed by atoms with van der Waals surface area (Å²) >= 11 is 0. The Bertz CT molecular complexity index is 3380. The molecule has 0 N–H and O–H groups in total. The standard InChI is InChI=1S/C62H42BN3/c1-5-21-45(22-6-1)54-31-17-33-56-60(54)63-61-55(46-23-7-2-8-24-46)32-18-34-57(61)66(52-38-36-44-20-14-16-26-48(44)40-52)59-42-53(64(49-27-9-3-10-28-49)50-29-11-4-12-30-50)41-58(62(59)63)65(56)51-37-35-43-19-13-15-25-47(43)39-51/h1-42H. The highest BCUT2D eigenvalue weighted by atomic mass is 15.2. The average Bonchev–Trinajstić information content (AvgIpc) is 3.39. The van der Waals surface area contributed by atoms with Gasteiger partial charge in [-0.05, 0) is 133 Å². The van der Waals surface area contributed by atoms with E-state index < -0.39 is 0 Å². The second-order valence-corrected chi connectivity index (χ2v) is 17.3. The van der Waals surface area contributed by atoms with Crippen LogP contribution in [0.25, 0.3) is 43.8 Å². The fourth-order valence-corrected chi connectivity index (χ4v) is 10.7. The molecule has 11 aromatic rings. The van der Waals surface area contributed by atoms with Gasteiger partial charge in [-0.2, -0.15) is 0 Å². The molecule has 0 fully saturated rings. The van der Waals surface area contributed by atoms with E-state index in [1.165, 1.54) is 71.6 Å². The Labute approximate surface area is 385 Å². The fraction of sp³-hybridized carbons (Fsp3) is 0. The summed E-state index contributed by atoms with van der Waals surface area (Å²) < 4.78 is 0. The summed E-state index contributed by atoms with van der Waals surface area (Å²) in [5.74, 6) is 0. The van der Waals surface area contributed by atoms with Crippen LogP contribution in [-0.2, 0) is 0 Å². The van der Waals surface area contributed by atoms with Gasteiger partial charge in [0, 0.05) is 45.5 Å². The van der Waals surface area contributed by atoms with Gasteiger partial charge in [0.15, 0.2) is 0 Å². The quantitative estimate of drug-likeness (QED) is 0.148. The first-order valence-corrected chi connectivity index (χ1v) is 22.8. The second-order valence-electron chi connectivity index (χ2n) is 17.3. The van der Waals surface area contributed by atoms with Crippen molar-refractivity contribution in [2.45, 2.75) is 0 Å². The van der Waals surface area contributed by atoms with Crippen LogP contribution in [0.4, 0.5) is 51.2 Å². The van der Waals surface area contributed by atoms with Crippen molar-refractivity contribution >= 4 is 95.8 Å². The van der Waals surface area contributed by atoms with Gasteiger partial charge in [-0.1, -0.05) is 182 Å². The number of benzene rings is 11. The topological polar surface area (TPSA) is 9.72 Å². The van der Waals surface area contributed by atoms with E-state index in [1.54, 1.807) is 0 Å². The zero-order valence-electron chi connectivity index (χ0n) is 36.2. The smallest absolute Gasteiger partial charge is 0.253 e. The molecule has 0 atom stereocenters. The maximum Gasteiger partial charge on any atom is 0.253 e. The van der Waals surface area contributed by atoms with Crippen molar-refractivity contribution in [1.82, 2.24) is 0 Å². The lowest BCUT2D eigenvalue weighted by molar-refractivity contribution is 1.23. The Kier molecular flexibility index (Phi) is 8.95. The minimum absolute atomic E-state index is 0.128. The Balaban J connectivity index is 1.21. The molecule has 2 heterocycles. The van der Waals surface area contributed by atoms with Gasteiger partial charge in [-0.15, -0.1) is 0 Å². The molecular weight excluding hydrogens is 798 g/mol. The summed E-state index contributed by atoms with van der Waals surface area (Å²) in [6, 6.07) is 93.6. The lowest BCUT2D eigenvalue weighted by atomic mass is 9.32. The van der Waals surface area contributed by atoms with Crippen LogP contribution in [0.15, 0.2) is 255 Å². The SMILES string of the molecule is c1ccc(-c2cccc3c2B2c4c(-c5ccccc5)cccc4N(c4ccc5ccccc5c4)c4cc(N(c5ccccc5)c5ccccc5)cc(c42)N3c2ccc3ccccc3c2)cc1. The van der Waals surface area contributed by atoms with Crippen molar-refractivity contribution < 1.29 is 0 Å². The number of para-hydroxylation sites is 2. The fourth-order valence-electron chi connectivity index (χ4n) is 10.7. The highest BCUT2D eigenvalue weighted by Gasteiger charge is 2.46. The Morgan fingerprint density at radius 1 is 0.273 bits per heavy atom. The number of rotatable bonds is 7. The second kappa shape index (κ2) is 15.6. The lowest BCUT2D eigenvalue weighted by Crippen LogP contribution is -2.62. The predicted molar refractivity (Wildman–Crippen MR) is 281 cm³/mol.